The van der Waals surface area contributed by atoms with Crippen LogP contribution in [0.15, 0.2) is 12.1 Å². The van der Waals surface area contributed by atoms with Gasteiger partial charge in [-0.05, 0) is 45.4 Å². The number of nitrogens with zero attached hydrogens (tertiary/aromatic N) is 1. The van der Waals surface area contributed by atoms with E-state index in [1.54, 1.807) is 27.7 Å². The first-order chi connectivity index (χ1) is 8.66. The summed E-state index contributed by atoms with van der Waals surface area (Å²) >= 11 is -1.35. The van der Waals surface area contributed by atoms with Gasteiger partial charge in [-0.1, -0.05) is 0 Å². The predicted molar refractivity (Wildman–Crippen MR) is 70.5 cm³/mol. The van der Waals surface area contributed by atoms with Gasteiger partial charge >= 0.3 is 0 Å². The fourth-order valence-electron chi connectivity index (χ4n) is 1.35. The van der Waals surface area contributed by atoms with Gasteiger partial charge in [0.1, 0.15) is 28.0 Å². The molecule has 0 radical (unpaired) electrons. The Morgan fingerprint density at radius 1 is 1.32 bits per heavy atom. The Kier molecular flexibility index (Phi) is 4.91. The molecular weight excluding hydrogens is 270 g/mol. The lowest BCUT2D eigenvalue weighted by molar-refractivity contribution is 0.527. The molecular formula is C13H16F2N2OS. The molecule has 0 aliphatic carbocycles. The highest BCUT2D eigenvalue weighted by molar-refractivity contribution is 7.90. The molecule has 104 valence electrons. The lowest BCUT2D eigenvalue weighted by Crippen LogP contribution is -2.40. The van der Waals surface area contributed by atoms with Gasteiger partial charge in [-0.3, -0.25) is 0 Å². The number of hydrogen-bond acceptors (Lipinski definition) is 3. The third kappa shape index (κ3) is 3.90. The summed E-state index contributed by atoms with van der Waals surface area (Å²) < 4.78 is 41.2. The van der Waals surface area contributed by atoms with E-state index < -0.39 is 39.3 Å². The summed E-state index contributed by atoms with van der Waals surface area (Å²) in [6.45, 7) is 7.04. The van der Waals surface area contributed by atoms with Crippen LogP contribution in [-0.2, 0) is 11.4 Å². The minimum Gasteiger partial charge on any atom is -0.598 e. The lowest BCUT2D eigenvalue weighted by Gasteiger charge is -2.26. The van der Waals surface area contributed by atoms with Crippen molar-refractivity contribution in [2.75, 3.05) is 0 Å². The predicted octanol–water partition coefficient (Wildman–Crippen LogP) is 2.95. The van der Waals surface area contributed by atoms with E-state index in [2.05, 4.69) is 4.72 Å². The molecule has 0 amide bonds. The zero-order valence-electron chi connectivity index (χ0n) is 11.3. The van der Waals surface area contributed by atoms with Gasteiger partial charge in [0.15, 0.2) is 0 Å². The molecule has 0 fully saturated rings. The van der Waals surface area contributed by atoms with Crippen LogP contribution >= 0.6 is 0 Å². The van der Waals surface area contributed by atoms with Crippen LogP contribution < -0.4 is 4.72 Å². The minimum atomic E-state index is -1.35. The highest BCUT2D eigenvalue weighted by Gasteiger charge is 2.28. The largest absolute Gasteiger partial charge is 0.598 e. The van der Waals surface area contributed by atoms with Crippen LogP contribution in [0.5, 0.6) is 0 Å². The molecule has 0 spiro atoms. The van der Waals surface area contributed by atoms with Crippen molar-refractivity contribution in [3.63, 3.8) is 0 Å². The van der Waals surface area contributed by atoms with Crippen LogP contribution in [0.2, 0.25) is 0 Å². The molecule has 2 unspecified atom stereocenters. The number of rotatable bonds is 3. The summed E-state index contributed by atoms with van der Waals surface area (Å²) in [6.07, 6.45) is 0. The first-order valence-electron chi connectivity index (χ1n) is 5.74. The molecule has 0 bridgehead atoms. The van der Waals surface area contributed by atoms with Crippen molar-refractivity contribution >= 4 is 11.4 Å². The van der Waals surface area contributed by atoms with Crippen molar-refractivity contribution < 1.29 is 13.3 Å². The number of benzene rings is 1. The second-order valence-electron chi connectivity index (χ2n) is 5.19. The first kappa shape index (κ1) is 15.9. The quantitative estimate of drug-likeness (QED) is 0.869. The monoisotopic (exact) mass is 286 g/mol. The van der Waals surface area contributed by atoms with Gasteiger partial charge < -0.3 is 4.55 Å². The average molecular weight is 286 g/mol. The molecule has 0 aromatic heterocycles. The average Bonchev–Trinajstić information content (AvgIpc) is 2.27. The first-order valence-corrected chi connectivity index (χ1v) is 6.89. The molecule has 1 N–H and O–H groups in total. The van der Waals surface area contributed by atoms with Gasteiger partial charge in [-0.2, -0.15) is 5.26 Å². The maximum Gasteiger partial charge on any atom is 0.144 e. The highest BCUT2D eigenvalue weighted by atomic mass is 32.2. The number of halogens is 2. The number of nitrogens with one attached hydrogen (secondary N) is 1. The second kappa shape index (κ2) is 5.87. The number of hydrogen-bond donors (Lipinski definition) is 1. The third-order valence-corrected chi connectivity index (χ3v) is 4.20. The Hall–Kier alpha value is -1.16. The van der Waals surface area contributed by atoms with Crippen LogP contribution in [0.4, 0.5) is 8.78 Å². The van der Waals surface area contributed by atoms with Crippen LogP contribution in [0, 0.1) is 23.0 Å². The van der Waals surface area contributed by atoms with E-state index in [4.69, 9.17) is 5.26 Å². The van der Waals surface area contributed by atoms with E-state index in [0.29, 0.717) is 5.56 Å². The fraction of sp³-hybridized carbons (Fsp3) is 0.462. The molecule has 1 aromatic rings. The Bertz CT molecular complexity index is 485. The summed E-state index contributed by atoms with van der Waals surface area (Å²) in [6, 6.07) is 3.14. The SMILES string of the molecule is CC(N[S+]([O-])C(C)(C)C)c1cc(F)c(C#N)c(F)c1. The topological polar surface area (TPSA) is 58.9 Å². The summed E-state index contributed by atoms with van der Waals surface area (Å²) in [5, 5.41) is 8.59. The van der Waals surface area contributed by atoms with E-state index in [-0.39, 0.29) is 0 Å². The Morgan fingerprint density at radius 3 is 2.16 bits per heavy atom. The van der Waals surface area contributed by atoms with Gasteiger partial charge in [0, 0.05) is 11.4 Å². The highest BCUT2D eigenvalue weighted by Crippen LogP contribution is 2.22. The van der Waals surface area contributed by atoms with Gasteiger partial charge in [0.05, 0.1) is 6.04 Å². The van der Waals surface area contributed by atoms with Crippen LogP contribution in [-0.4, -0.2) is 9.30 Å². The molecule has 6 heteroatoms. The van der Waals surface area contributed by atoms with Gasteiger partial charge in [0.2, 0.25) is 0 Å². The van der Waals surface area contributed by atoms with Crippen LogP contribution in [0.3, 0.4) is 0 Å². The molecule has 19 heavy (non-hydrogen) atoms. The van der Waals surface area contributed by atoms with Crippen molar-refractivity contribution in [1.82, 2.24) is 4.72 Å². The fourth-order valence-corrected chi connectivity index (χ4v) is 2.17. The maximum atomic E-state index is 13.5. The van der Waals surface area contributed by atoms with Crippen LogP contribution in [0.1, 0.15) is 44.9 Å². The van der Waals surface area contributed by atoms with Gasteiger partial charge in [-0.15, -0.1) is 4.72 Å². The zero-order chi connectivity index (χ0) is 14.8. The zero-order valence-corrected chi connectivity index (χ0v) is 12.1. The summed E-state index contributed by atoms with van der Waals surface area (Å²) in [4.78, 5) is 0. The van der Waals surface area contributed by atoms with Gasteiger partial charge in [0.25, 0.3) is 0 Å². The number of nitriles is 1. The lowest BCUT2D eigenvalue weighted by atomic mass is 10.1. The van der Waals surface area contributed by atoms with Crippen molar-refractivity contribution in [3.8, 4) is 6.07 Å². The van der Waals surface area contributed by atoms with Crippen molar-refractivity contribution in [2.24, 2.45) is 0 Å². The van der Waals surface area contributed by atoms with Crippen molar-refractivity contribution in [2.45, 2.75) is 38.5 Å². The molecule has 1 rings (SSSR count). The molecule has 3 nitrogen and oxygen atoms in total. The van der Waals surface area contributed by atoms with Crippen LogP contribution in [0.25, 0.3) is 0 Å². The molecule has 2 atom stereocenters. The Labute approximate surface area is 114 Å². The maximum absolute atomic E-state index is 13.5. The van der Waals surface area contributed by atoms with E-state index in [1.807, 2.05) is 0 Å². The van der Waals surface area contributed by atoms with Crippen molar-refractivity contribution in [1.29, 1.82) is 5.26 Å². The van der Waals surface area contributed by atoms with E-state index in [9.17, 15) is 13.3 Å². The molecule has 0 aliphatic rings. The van der Waals surface area contributed by atoms with Crippen molar-refractivity contribution in [3.05, 3.63) is 34.9 Å². The third-order valence-electron chi connectivity index (χ3n) is 2.52. The normalized spacial score (nSPS) is 14.8. The molecule has 0 aliphatic heterocycles. The van der Waals surface area contributed by atoms with E-state index >= 15 is 0 Å². The summed E-state index contributed by atoms with van der Waals surface area (Å²) in [5.74, 6) is -1.82. The molecule has 0 heterocycles. The molecule has 1 aromatic carbocycles. The van der Waals surface area contributed by atoms with E-state index in [0.717, 1.165) is 12.1 Å². The molecule has 0 saturated heterocycles. The van der Waals surface area contributed by atoms with Gasteiger partial charge in [-0.25, -0.2) is 8.78 Å². The second-order valence-corrected chi connectivity index (χ2v) is 7.19. The minimum absolute atomic E-state index is 0.312. The Balaban J connectivity index is 2.96. The smallest absolute Gasteiger partial charge is 0.144 e. The summed E-state index contributed by atoms with van der Waals surface area (Å²) in [7, 11) is 0. The Morgan fingerprint density at radius 2 is 1.79 bits per heavy atom. The molecule has 0 saturated carbocycles. The van der Waals surface area contributed by atoms with E-state index in [1.165, 1.54) is 6.07 Å². The summed E-state index contributed by atoms with van der Waals surface area (Å²) in [5.41, 5.74) is -0.292. The standard InChI is InChI=1S/C13H16F2N2OS/c1-8(17-19(18)13(2,3)4)9-5-11(14)10(7-16)12(15)6-9/h5-6,8,17H,1-4H3.